The zero-order chi connectivity index (χ0) is 15.9. The number of aliphatic carboxylic acids is 1. The third-order valence-electron chi connectivity index (χ3n) is 3.49. The topological polar surface area (TPSA) is 83.1 Å². The lowest BCUT2D eigenvalue weighted by Crippen LogP contribution is -2.16. The highest BCUT2D eigenvalue weighted by atomic mass is 35.5. The molecule has 0 aliphatic carbocycles. The second-order valence-electron chi connectivity index (χ2n) is 4.76. The van der Waals surface area contributed by atoms with Crippen molar-refractivity contribution in [2.75, 3.05) is 0 Å². The quantitative estimate of drug-likeness (QED) is 0.737. The van der Waals surface area contributed by atoms with Gasteiger partial charge in [-0.1, -0.05) is 23.7 Å². The van der Waals surface area contributed by atoms with Crippen molar-refractivity contribution in [1.29, 1.82) is 5.26 Å². The molecule has 0 amide bonds. The first-order valence-corrected chi connectivity index (χ1v) is 6.78. The molecule has 0 aliphatic heterocycles. The molecule has 2 aromatic carbocycles. The van der Waals surface area contributed by atoms with E-state index in [9.17, 15) is 20.0 Å². The molecular weight excluding hydrogens is 304 g/mol. The van der Waals surface area contributed by atoms with Gasteiger partial charge in [0, 0.05) is 10.8 Å². The maximum Gasteiger partial charge on any atom is 0.323 e. The Morgan fingerprint density at radius 3 is 2.64 bits per heavy atom. The number of para-hydroxylation sites is 1. The molecule has 0 spiro atoms. The van der Waals surface area contributed by atoms with Crippen molar-refractivity contribution in [1.82, 2.24) is 4.57 Å². The highest BCUT2D eigenvalue weighted by Crippen LogP contribution is 2.27. The van der Waals surface area contributed by atoms with E-state index < -0.39 is 5.97 Å². The number of benzene rings is 2. The molecule has 22 heavy (non-hydrogen) atoms. The van der Waals surface area contributed by atoms with Crippen LogP contribution in [0.5, 0.6) is 0 Å². The predicted octanol–water partition coefficient (Wildman–Crippen LogP) is 2.76. The summed E-state index contributed by atoms with van der Waals surface area (Å²) in [6.07, 6.45) is 0. The minimum Gasteiger partial charge on any atom is -0.480 e. The number of rotatable bonds is 2. The highest BCUT2D eigenvalue weighted by Gasteiger charge is 2.17. The summed E-state index contributed by atoms with van der Waals surface area (Å²) in [6, 6.07) is 11.7. The molecule has 1 aromatic heterocycles. The first-order chi connectivity index (χ1) is 10.5. The number of nitrogens with zero attached hydrogens (tertiary/aromatic N) is 2. The monoisotopic (exact) mass is 312 g/mol. The smallest absolute Gasteiger partial charge is 0.323 e. The summed E-state index contributed by atoms with van der Waals surface area (Å²) in [7, 11) is 0. The zero-order valence-electron chi connectivity index (χ0n) is 11.2. The van der Waals surface area contributed by atoms with Crippen LogP contribution in [0.2, 0.25) is 5.02 Å². The number of fused-ring (bicyclic) bond motifs is 2. The van der Waals surface area contributed by atoms with Crippen LogP contribution in [-0.2, 0) is 11.3 Å². The third kappa shape index (κ3) is 2.01. The van der Waals surface area contributed by atoms with Crippen LogP contribution in [-0.4, -0.2) is 15.6 Å². The fourth-order valence-corrected chi connectivity index (χ4v) is 2.80. The molecule has 108 valence electrons. The van der Waals surface area contributed by atoms with E-state index in [4.69, 9.17) is 11.6 Å². The van der Waals surface area contributed by atoms with Crippen LogP contribution in [0.3, 0.4) is 0 Å². The van der Waals surface area contributed by atoms with Crippen LogP contribution in [0.15, 0.2) is 41.2 Å². The first kappa shape index (κ1) is 14.1. The molecule has 0 saturated heterocycles. The molecule has 0 aliphatic rings. The Bertz CT molecular complexity index is 1030. The Morgan fingerprint density at radius 1 is 1.23 bits per heavy atom. The average Bonchev–Trinajstić information content (AvgIpc) is 2.51. The minimum absolute atomic E-state index is 0.100. The van der Waals surface area contributed by atoms with E-state index in [1.165, 1.54) is 16.7 Å². The van der Waals surface area contributed by atoms with Gasteiger partial charge in [-0.05, 0) is 24.3 Å². The number of carboxylic acids is 1. The van der Waals surface area contributed by atoms with Gasteiger partial charge in [-0.3, -0.25) is 9.59 Å². The summed E-state index contributed by atoms with van der Waals surface area (Å²) < 4.78 is 1.44. The van der Waals surface area contributed by atoms with Crippen LogP contribution < -0.4 is 5.43 Å². The van der Waals surface area contributed by atoms with Crippen molar-refractivity contribution in [3.63, 3.8) is 0 Å². The molecule has 1 heterocycles. The maximum atomic E-state index is 12.6. The highest BCUT2D eigenvalue weighted by molar-refractivity contribution is 6.32. The number of halogens is 1. The van der Waals surface area contributed by atoms with Gasteiger partial charge in [-0.25, -0.2) is 0 Å². The summed E-state index contributed by atoms with van der Waals surface area (Å²) in [5.74, 6) is -1.07. The number of pyridine rings is 1. The Morgan fingerprint density at radius 2 is 1.95 bits per heavy atom. The fourth-order valence-electron chi connectivity index (χ4n) is 2.60. The first-order valence-electron chi connectivity index (χ1n) is 6.40. The Kier molecular flexibility index (Phi) is 3.32. The van der Waals surface area contributed by atoms with Crippen molar-refractivity contribution in [3.8, 4) is 6.07 Å². The number of carbonyl (C=O) groups is 1. The summed E-state index contributed by atoms with van der Waals surface area (Å²) >= 11 is 6.03. The molecule has 0 fully saturated rings. The van der Waals surface area contributed by atoms with E-state index in [1.54, 1.807) is 24.3 Å². The Labute approximate surface area is 129 Å². The second-order valence-corrected chi connectivity index (χ2v) is 5.16. The van der Waals surface area contributed by atoms with Crippen molar-refractivity contribution in [3.05, 3.63) is 57.2 Å². The number of hydrogen-bond acceptors (Lipinski definition) is 3. The van der Waals surface area contributed by atoms with Gasteiger partial charge in [0.05, 0.1) is 21.6 Å². The zero-order valence-corrected chi connectivity index (χ0v) is 12.0. The van der Waals surface area contributed by atoms with Crippen molar-refractivity contribution in [2.45, 2.75) is 6.54 Å². The number of aromatic nitrogens is 1. The van der Waals surface area contributed by atoms with E-state index in [0.717, 1.165) is 0 Å². The standard InChI is InChI=1S/C16H9ClN2O3/c17-12-6-5-10-15(11(12)7-18)19(8-14(20)21)13-4-2-1-3-9(13)16(10)22/h1-6H,8H2,(H,20,21). The molecule has 0 radical (unpaired) electrons. The summed E-state index contributed by atoms with van der Waals surface area (Å²) in [4.78, 5) is 23.8. The van der Waals surface area contributed by atoms with E-state index in [2.05, 4.69) is 0 Å². The molecule has 1 N–H and O–H groups in total. The number of nitriles is 1. The van der Waals surface area contributed by atoms with Crippen molar-refractivity contribution >= 4 is 39.4 Å². The third-order valence-corrected chi connectivity index (χ3v) is 3.80. The van der Waals surface area contributed by atoms with Gasteiger partial charge >= 0.3 is 5.97 Å². The van der Waals surface area contributed by atoms with Gasteiger partial charge in [0.2, 0.25) is 0 Å². The molecule has 0 saturated carbocycles. The van der Waals surface area contributed by atoms with Crippen LogP contribution in [0, 0.1) is 11.3 Å². The van der Waals surface area contributed by atoms with Crippen LogP contribution in [0.25, 0.3) is 21.8 Å². The van der Waals surface area contributed by atoms with Crippen molar-refractivity contribution < 1.29 is 9.90 Å². The lowest BCUT2D eigenvalue weighted by Gasteiger charge is -2.14. The van der Waals surface area contributed by atoms with Gasteiger partial charge in [0.25, 0.3) is 0 Å². The van der Waals surface area contributed by atoms with Gasteiger partial charge in [-0.2, -0.15) is 5.26 Å². The molecule has 0 unspecified atom stereocenters. The van der Waals surface area contributed by atoms with Crippen molar-refractivity contribution in [2.24, 2.45) is 0 Å². The lowest BCUT2D eigenvalue weighted by molar-refractivity contribution is -0.137. The molecule has 3 aromatic rings. The molecule has 0 bridgehead atoms. The van der Waals surface area contributed by atoms with E-state index >= 15 is 0 Å². The molecular formula is C16H9ClN2O3. The number of carboxylic acid groups (broad SMARTS) is 1. The summed E-state index contributed by atoms with van der Waals surface area (Å²) in [5, 5.41) is 19.4. The average molecular weight is 313 g/mol. The van der Waals surface area contributed by atoms with Crippen LogP contribution in [0.4, 0.5) is 0 Å². The Hall–Kier alpha value is -2.84. The van der Waals surface area contributed by atoms with Gasteiger partial charge < -0.3 is 9.67 Å². The van der Waals surface area contributed by atoms with E-state index in [0.29, 0.717) is 10.9 Å². The van der Waals surface area contributed by atoms with E-state index in [-0.39, 0.29) is 33.5 Å². The SMILES string of the molecule is N#Cc1c(Cl)ccc2c(=O)c3ccccc3n(CC(=O)O)c12. The number of hydrogen-bond donors (Lipinski definition) is 1. The van der Waals surface area contributed by atoms with E-state index in [1.807, 2.05) is 6.07 Å². The molecule has 5 nitrogen and oxygen atoms in total. The second kappa shape index (κ2) is 5.17. The minimum atomic E-state index is -1.07. The summed E-state index contributed by atoms with van der Waals surface area (Å²) in [5.41, 5.74) is 0.561. The molecule has 3 rings (SSSR count). The van der Waals surface area contributed by atoms with Crippen LogP contribution >= 0.6 is 11.6 Å². The molecule has 0 atom stereocenters. The van der Waals surface area contributed by atoms with Gasteiger partial charge in [0.15, 0.2) is 5.43 Å². The maximum absolute atomic E-state index is 12.6. The predicted molar refractivity (Wildman–Crippen MR) is 83.1 cm³/mol. The normalized spacial score (nSPS) is 10.7. The van der Waals surface area contributed by atoms with Gasteiger partial charge in [-0.15, -0.1) is 0 Å². The lowest BCUT2D eigenvalue weighted by atomic mass is 10.1. The fraction of sp³-hybridized carbons (Fsp3) is 0.0625. The Balaban J connectivity index is 2.66. The summed E-state index contributed by atoms with van der Waals surface area (Å²) in [6.45, 7) is -0.369. The largest absolute Gasteiger partial charge is 0.480 e. The van der Waals surface area contributed by atoms with Crippen LogP contribution in [0.1, 0.15) is 5.56 Å². The van der Waals surface area contributed by atoms with Gasteiger partial charge in [0.1, 0.15) is 12.6 Å². The molecule has 6 heteroatoms.